The molecule has 0 bridgehead atoms. The molecule has 7 nitrogen and oxygen atoms in total. The van der Waals surface area contributed by atoms with Crippen molar-refractivity contribution < 1.29 is 9.59 Å². The highest BCUT2D eigenvalue weighted by atomic mass is 32.2. The van der Waals surface area contributed by atoms with Crippen molar-refractivity contribution in [2.75, 3.05) is 11.1 Å². The monoisotopic (exact) mass is 393 g/mol. The first kappa shape index (κ1) is 18.4. The average molecular weight is 393 g/mol. The highest BCUT2D eigenvalue weighted by molar-refractivity contribution is 7.99. The zero-order valence-electron chi connectivity index (χ0n) is 15.8. The van der Waals surface area contributed by atoms with Crippen LogP contribution in [0.1, 0.15) is 39.9 Å². The number of ketones is 1. The Labute approximate surface area is 166 Å². The molecule has 1 N–H and O–H groups in total. The highest BCUT2D eigenvalue weighted by Gasteiger charge is 2.27. The fourth-order valence-electron chi connectivity index (χ4n) is 3.09. The molecule has 1 aromatic heterocycles. The van der Waals surface area contributed by atoms with E-state index in [2.05, 4.69) is 20.8 Å². The molecule has 0 unspecified atom stereocenters. The number of tetrazole rings is 1. The summed E-state index contributed by atoms with van der Waals surface area (Å²) < 4.78 is 1.64. The molecule has 142 valence electrons. The van der Waals surface area contributed by atoms with Gasteiger partial charge in [0.1, 0.15) is 0 Å². The van der Waals surface area contributed by atoms with Crippen molar-refractivity contribution in [3.05, 3.63) is 58.7 Å². The number of carbonyl (C=O) groups is 2. The van der Waals surface area contributed by atoms with E-state index in [0.717, 1.165) is 22.5 Å². The first-order chi connectivity index (χ1) is 13.4. The van der Waals surface area contributed by atoms with Gasteiger partial charge in [0.15, 0.2) is 5.78 Å². The summed E-state index contributed by atoms with van der Waals surface area (Å²) in [5.41, 5.74) is 5.43. The molecule has 28 heavy (non-hydrogen) atoms. The Balaban J connectivity index is 1.50. The van der Waals surface area contributed by atoms with Crippen molar-refractivity contribution in [2.24, 2.45) is 0 Å². The molecule has 1 atom stereocenters. The Morgan fingerprint density at radius 3 is 2.79 bits per heavy atom. The number of carbonyl (C=O) groups excluding carboxylic acids is 2. The van der Waals surface area contributed by atoms with Crippen molar-refractivity contribution in [1.29, 1.82) is 0 Å². The number of nitrogens with zero attached hydrogens (tertiary/aromatic N) is 4. The van der Waals surface area contributed by atoms with Gasteiger partial charge in [0.25, 0.3) is 0 Å². The molecule has 2 heterocycles. The van der Waals surface area contributed by atoms with Gasteiger partial charge in [-0.3, -0.25) is 9.59 Å². The molecule has 1 aliphatic rings. The number of thioether (sulfide) groups is 1. The van der Waals surface area contributed by atoms with Gasteiger partial charge in [-0.25, -0.2) is 0 Å². The van der Waals surface area contributed by atoms with Crippen molar-refractivity contribution >= 4 is 29.1 Å². The van der Waals surface area contributed by atoms with Crippen LogP contribution in [0.5, 0.6) is 0 Å². The molecule has 1 aliphatic heterocycles. The SMILES string of the molecule is Cc1ccc(-n2nnnc2SCC(=O)c2ccc3c(c2)[C@@H](C)C(=O)N3)cc1C. The van der Waals surface area contributed by atoms with E-state index in [-0.39, 0.29) is 23.4 Å². The van der Waals surface area contributed by atoms with Crippen molar-refractivity contribution in [1.82, 2.24) is 20.2 Å². The molecule has 0 fully saturated rings. The lowest BCUT2D eigenvalue weighted by molar-refractivity contribution is -0.116. The van der Waals surface area contributed by atoms with Crippen molar-refractivity contribution in [3.8, 4) is 5.69 Å². The molecular formula is C20H19N5O2S. The number of aryl methyl sites for hydroxylation is 2. The normalized spacial score (nSPS) is 15.4. The number of hydrogen-bond donors (Lipinski definition) is 1. The van der Waals surface area contributed by atoms with Crippen LogP contribution in [0.15, 0.2) is 41.6 Å². The second-order valence-electron chi connectivity index (χ2n) is 6.87. The number of amides is 1. The van der Waals surface area contributed by atoms with Gasteiger partial charge in [0, 0.05) is 11.3 Å². The van der Waals surface area contributed by atoms with Crippen LogP contribution in [-0.4, -0.2) is 37.7 Å². The summed E-state index contributed by atoms with van der Waals surface area (Å²) in [5.74, 6) is -0.109. The standard InChI is InChI=1S/C20H19N5O2S/c1-11-4-6-15(8-12(11)2)25-20(22-23-24-25)28-10-18(26)14-5-7-17-16(9-14)13(3)19(27)21-17/h4-9,13H,10H2,1-3H3,(H,21,27)/t13-/m1/s1. The van der Waals surface area contributed by atoms with Crippen LogP contribution in [0.2, 0.25) is 0 Å². The predicted molar refractivity (Wildman–Crippen MR) is 107 cm³/mol. The zero-order chi connectivity index (χ0) is 19.8. The third-order valence-electron chi connectivity index (χ3n) is 5.00. The van der Waals surface area contributed by atoms with Gasteiger partial charge in [-0.2, -0.15) is 4.68 Å². The summed E-state index contributed by atoms with van der Waals surface area (Å²) in [6.07, 6.45) is 0. The van der Waals surface area contributed by atoms with Crippen LogP contribution in [0.4, 0.5) is 5.69 Å². The lowest BCUT2D eigenvalue weighted by Crippen LogP contribution is -2.08. The van der Waals surface area contributed by atoms with E-state index in [0.29, 0.717) is 10.7 Å². The summed E-state index contributed by atoms with van der Waals surface area (Å²) in [5, 5.41) is 15.2. The number of rotatable bonds is 5. The fourth-order valence-corrected chi connectivity index (χ4v) is 3.88. The molecular weight excluding hydrogens is 374 g/mol. The average Bonchev–Trinajstić information content (AvgIpc) is 3.26. The van der Waals surface area contributed by atoms with Gasteiger partial charge in [0.05, 0.1) is 17.4 Å². The minimum Gasteiger partial charge on any atom is -0.325 e. The topological polar surface area (TPSA) is 89.8 Å². The van der Waals surface area contributed by atoms with Crippen LogP contribution >= 0.6 is 11.8 Å². The lowest BCUT2D eigenvalue weighted by Gasteiger charge is -2.07. The quantitative estimate of drug-likeness (QED) is 0.528. The van der Waals surface area contributed by atoms with Crippen LogP contribution < -0.4 is 5.32 Å². The first-order valence-electron chi connectivity index (χ1n) is 8.91. The molecule has 2 aromatic carbocycles. The van der Waals surface area contributed by atoms with Gasteiger partial charge in [-0.15, -0.1) is 5.10 Å². The molecule has 8 heteroatoms. The van der Waals surface area contributed by atoms with E-state index < -0.39 is 0 Å². The van der Waals surface area contributed by atoms with E-state index in [9.17, 15) is 9.59 Å². The molecule has 4 rings (SSSR count). The lowest BCUT2D eigenvalue weighted by atomic mass is 9.99. The molecule has 1 amide bonds. The van der Waals surface area contributed by atoms with E-state index in [4.69, 9.17) is 0 Å². The van der Waals surface area contributed by atoms with Crippen LogP contribution in [0.25, 0.3) is 5.69 Å². The minimum atomic E-state index is -0.243. The molecule has 0 aliphatic carbocycles. The van der Waals surface area contributed by atoms with E-state index in [1.807, 2.05) is 39.0 Å². The number of nitrogens with one attached hydrogen (secondary N) is 1. The van der Waals surface area contributed by atoms with Gasteiger partial charge < -0.3 is 5.32 Å². The second-order valence-corrected chi connectivity index (χ2v) is 7.81. The van der Waals surface area contributed by atoms with E-state index in [1.165, 1.54) is 17.3 Å². The summed E-state index contributed by atoms with van der Waals surface area (Å²) in [4.78, 5) is 24.5. The van der Waals surface area contributed by atoms with Crippen LogP contribution in [0.3, 0.4) is 0 Å². The van der Waals surface area contributed by atoms with Gasteiger partial charge in [-0.05, 0) is 78.2 Å². The maximum absolute atomic E-state index is 12.7. The summed E-state index contributed by atoms with van der Waals surface area (Å²) in [6, 6.07) is 11.3. The van der Waals surface area contributed by atoms with Crippen molar-refractivity contribution in [2.45, 2.75) is 31.8 Å². The number of Topliss-reactive ketones (excluding diaryl/α,β-unsaturated/α-hetero) is 1. The number of hydrogen-bond acceptors (Lipinski definition) is 6. The van der Waals surface area contributed by atoms with Crippen LogP contribution in [0, 0.1) is 13.8 Å². The minimum absolute atomic E-state index is 0.0333. The summed E-state index contributed by atoms with van der Waals surface area (Å²) >= 11 is 1.29. The molecule has 0 spiro atoms. The van der Waals surface area contributed by atoms with Gasteiger partial charge >= 0.3 is 0 Å². The third-order valence-corrected chi connectivity index (χ3v) is 5.92. The Morgan fingerprint density at radius 1 is 1.18 bits per heavy atom. The Morgan fingerprint density at radius 2 is 2.00 bits per heavy atom. The summed E-state index contributed by atoms with van der Waals surface area (Å²) in [7, 11) is 0. The Hall–Kier alpha value is -3.00. The molecule has 3 aromatic rings. The van der Waals surface area contributed by atoms with Gasteiger partial charge in [-0.1, -0.05) is 17.8 Å². The van der Waals surface area contributed by atoms with E-state index in [1.54, 1.807) is 22.9 Å². The number of fused-ring (bicyclic) bond motifs is 1. The maximum atomic E-state index is 12.7. The van der Waals surface area contributed by atoms with Crippen molar-refractivity contribution in [3.63, 3.8) is 0 Å². The number of aromatic nitrogens is 4. The molecule has 0 saturated carbocycles. The second kappa shape index (κ2) is 7.20. The first-order valence-corrected chi connectivity index (χ1v) is 9.89. The largest absolute Gasteiger partial charge is 0.325 e. The number of anilines is 1. The Kier molecular flexibility index (Phi) is 4.72. The summed E-state index contributed by atoms with van der Waals surface area (Å²) in [6.45, 7) is 5.92. The predicted octanol–water partition coefficient (Wildman–Crippen LogP) is 3.31. The fraction of sp³-hybridized carbons (Fsp3) is 0.250. The Bertz CT molecular complexity index is 1090. The van der Waals surface area contributed by atoms with E-state index >= 15 is 0 Å². The maximum Gasteiger partial charge on any atom is 0.231 e. The highest BCUT2D eigenvalue weighted by Crippen LogP contribution is 2.33. The smallest absolute Gasteiger partial charge is 0.231 e. The van der Waals surface area contributed by atoms with Gasteiger partial charge in [0.2, 0.25) is 11.1 Å². The third kappa shape index (κ3) is 3.31. The number of benzene rings is 2. The molecule has 0 saturated heterocycles. The molecule has 0 radical (unpaired) electrons. The zero-order valence-corrected chi connectivity index (χ0v) is 16.6. The van der Waals surface area contributed by atoms with Crippen LogP contribution in [-0.2, 0) is 4.79 Å².